The second kappa shape index (κ2) is 4.54. The van der Waals surface area contributed by atoms with E-state index >= 15 is 0 Å². The van der Waals surface area contributed by atoms with Crippen LogP contribution in [-0.4, -0.2) is 41.1 Å². The Morgan fingerprint density at radius 2 is 1.94 bits per heavy atom. The van der Waals surface area contributed by atoms with Crippen LogP contribution in [0, 0.1) is 5.92 Å². The van der Waals surface area contributed by atoms with Crippen LogP contribution in [0.4, 0.5) is 13.2 Å². The molecule has 1 fully saturated rings. The van der Waals surface area contributed by atoms with Crippen molar-refractivity contribution >= 4 is 11.9 Å². The number of carbonyl (C=O) groups excluding carboxylic acids is 1. The third-order valence-electron chi connectivity index (χ3n) is 2.33. The number of nitrogens with zero attached hydrogens (tertiary/aromatic N) is 1. The van der Waals surface area contributed by atoms with Crippen molar-refractivity contribution in [3.05, 3.63) is 12.2 Å². The third-order valence-corrected chi connectivity index (χ3v) is 2.33. The number of carbonyl (C=O) groups is 2. The first kappa shape index (κ1) is 12.5. The molecule has 1 aliphatic rings. The molecule has 0 saturated carbocycles. The second-order valence-corrected chi connectivity index (χ2v) is 3.48. The maximum Gasteiger partial charge on any atom is 0.393 e. The molecule has 16 heavy (non-hydrogen) atoms. The summed E-state index contributed by atoms with van der Waals surface area (Å²) >= 11 is 0. The molecule has 1 saturated heterocycles. The van der Waals surface area contributed by atoms with Gasteiger partial charge < -0.3 is 10.0 Å². The fourth-order valence-electron chi connectivity index (χ4n) is 1.48. The SMILES string of the molecule is O=C(O)/C=C/C(=O)N1CC[C@H](C(F)(F)F)C1. The van der Waals surface area contributed by atoms with E-state index < -0.39 is 30.5 Å². The normalized spacial score (nSPS) is 21.7. The minimum Gasteiger partial charge on any atom is -0.478 e. The Bertz CT molecular complexity index is 324. The first-order valence-electron chi connectivity index (χ1n) is 4.57. The van der Waals surface area contributed by atoms with E-state index in [1.54, 1.807) is 0 Å². The van der Waals surface area contributed by atoms with Crippen LogP contribution in [0.3, 0.4) is 0 Å². The molecule has 0 bridgehead atoms. The number of hydrogen-bond donors (Lipinski definition) is 1. The molecule has 0 unspecified atom stereocenters. The fraction of sp³-hybridized carbons (Fsp3) is 0.556. The summed E-state index contributed by atoms with van der Waals surface area (Å²) < 4.78 is 36.8. The summed E-state index contributed by atoms with van der Waals surface area (Å²) in [6, 6.07) is 0. The van der Waals surface area contributed by atoms with E-state index in [4.69, 9.17) is 5.11 Å². The van der Waals surface area contributed by atoms with Crippen molar-refractivity contribution in [2.24, 2.45) is 5.92 Å². The molecule has 7 heteroatoms. The fourth-order valence-corrected chi connectivity index (χ4v) is 1.48. The Balaban J connectivity index is 2.54. The lowest BCUT2D eigenvalue weighted by molar-refractivity contribution is -0.170. The number of carboxylic acids is 1. The highest BCUT2D eigenvalue weighted by molar-refractivity contribution is 5.94. The van der Waals surface area contributed by atoms with Crippen LogP contribution in [0.1, 0.15) is 6.42 Å². The summed E-state index contributed by atoms with van der Waals surface area (Å²) in [6.45, 7) is -0.390. The molecule has 0 radical (unpaired) electrons. The number of carboxylic acid groups (broad SMARTS) is 1. The zero-order chi connectivity index (χ0) is 12.3. The van der Waals surface area contributed by atoms with Crippen molar-refractivity contribution in [1.29, 1.82) is 0 Å². The Kier molecular flexibility index (Phi) is 3.56. The Morgan fingerprint density at radius 1 is 1.31 bits per heavy atom. The van der Waals surface area contributed by atoms with E-state index in [1.165, 1.54) is 0 Å². The number of aliphatic carboxylic acids is 1. The molecular weight excluding hydrogens is 227 g/mol. The van der Waals surface area contributed by atoms with Crippen LogP contribution in [-0.2, 0) is 9.59 Å². The maximum atomic E-state index is 12.3. The van der Waals surface area contributed by atoms with Crippen molar-refractivity contribution in [3.8, 4) is 0 Å². The zero-order valence-corrected chi connectivity index (χ0v) is 8.20. The van der Waals surface area contributed by atoms with Gasteiger partial charge in [0.25, 0.3) is 0 Å². The van der Waals surface area contributed by atoms with Gasteiger partial charge in [0.2, 0.25) is 5.91 Å². The molecule has 0 aromatic heterocycles. The van der Waals surface area contributed by atoms with Gasteiger partial charge in [0.1, 0.15) is 0 Å². The van der Waals surface area contributed by atoms with Crippen molar-refractivity contribution in [1.82, 2.24) is 4.90 Å². The molecule has 0 spiro atoms. The molecule has 1 rings (SSSR count). The van der Waals surface area contributed by atoms with Gasteiger partial charge in [0.05, 0.1) is 5.92 Å². The predicted octanol–water partition coefficient (Wildman–Crippen LogP) is 1.04. The van der Waals surface area contributed by atoms with Crippen molar-refractivity contribution in [2.45, 2.75) is 12.6 Å². The number of likely N-dealkylation sites (tertiary alicyclic amines) is 1. The van der Waals surface area contributed by atoms with Gasteiger partial charge in [-0.15, -0.1) is 0 Å². The van der Waals surface area contributed by atoms with E-state index in [0.717, 1.165) is 11.0 Å². The van der Waals surface area contributed by atoms with Gasteiger partial charge in [-0.2, -0.15) is 13.2 Å². The van der Waals surface area contributed by atoms with E-state index in [9.17, 15) is 22.8 Å². The smallest absolute Gasteiger partial charge is 0.393 e. The second-order valence-electron chi connectivity index (χ2n) is 3.48. The van der Waals surface area contributed by atoms with Crippen LogP contribution in [0.25, 0.3) is 0 Å². The quantitative estimate of drug-likeness (QED) is 0.730. The van der Waals surface area contributed by atoms with E-state index in [2.05, 4.69) is 0 Å². The number of rotatable bonds is 2. The van der Waals surface area contributed by atoms with Gasteiger partial charge in [-0.3, -0.25) is 4.79 Å². The topological polar surface area (TPSA) is 57.6 Å². The number of hydrogen-bond acceptors (Lipinski definition) is 2. The zero-order valence-electron chi connectivity index (χ0n) is 8.20. The summed E-state index contributed by atoms with van der Waals surface area (Å²) in [5.74, 6) is -3.51. The summed E-state index contributed by atoms with van der Waals surface area (Å²) in [4.78, 5) is 22.3. The van der Waals surface area contributed by atoms with Crippen LogP contribution in [0.2, 0.25) is 0 Å². The van der Waals surface area contributed by atoms with Crippen LogP contribution >= 0.6 is 0 Å². The average Bonchev–Trinajstić information content (AvgIpc) is 2.61. The van der Waals surface area contributed by atoms with Gasteiger partial charge in [0.15, 0.2) is 0 Å². The van der Waals surface area contributed by atoms with Crippen molar-refractivity contribution < 1.29 is 27.9 Å². The predicted molar refractivity (Wildman–Crippen MR) is 47.5 cm³/mol. The lowest BCUT2D eigenvalue weighted by atomic mass is 10.1. The molecule has 0 aliphatic carbocycles. The van der Waals surface area contributed by atoms with Gasteiger partial charge in [-0.1, -0.05) is 0 Å². The minimum atomic E-state index is -4.30. The molecule has 1 heterocycles. The van der Waals surface area contributed by atoms with E-state index in [1.807, 2.05) is 0 Å². The minimum absolute atomic E-state index is 0.00691. The van der Waals surface area contributed by atoms with E-state index in [0.29, 0.717) is 6.08 Å². The van der Waals surface area contributed by atoms with Crippen LogP contribution < -0.4 is 0 Å². The monoisotopic (exact) mass is 237 g/mol. The number of alkyl halides is 3. The largest absolute Gasteiger partial charge is 0.478 e. The molecule has 1 atom stereocenters. The van der Waals surface area contributed by atoms with Crippen LogP contribution in [0.5, 0.6) is 0 Å². The summed E-state index contributed by atoms with van der Waals surface area (Å²) in [6.07, 6.45) is -3.05. The average molecular weight is 237 g/mol. The van der Waals surface area contributed by atoms with E-state index in [-0.39, 0.29) is 13.0 Å². The van der Waals surface area contributed by atoms with Gasteiger partial charge in [-0.05, 0) is 6.42 Å². The Morgan fingerprint density at radius 3 is 2.38 bits per heavy atom. The molecule has 1 aliphatic heterocycles. The molecular formula is C9H10F3NO3. The lowest BCUT2D eigenvalue weighted by Crippen LogP contribution is -2.30. The summed E-state index contributed by atoms with van der Waals surface area (Å²) in [5.41, 5.74) is 0. The number of halogens is 3. The molecule has 0 aromatic rings. The highest BCUT2D eigenvalue weighted by Gasteiger charge is 2.44. The lowest BCUT2D eigenvalue weighted by Gasteiger charge is -2.16. The van der Waals surface area contributed by atoms with Gasteiger partial charge in [0, 0.05) is 25.2 Å². The standard InChI is InChI=1S/C9H10F3NO3/c10-9(11,12)6-3-4-13(5-6)7(14)1-2-8(15)16/h1-2,6H,3-5H2,(H,15,16)/b2-1+/t6-/m0/s1. The highest BCUT2D eigenvalue weighted by Crippen LogP contribution is 2.33. The molecule has 1 N–H and O–H groups in total. The Labute approximate surface area is 89.3 Å². The van der Waals surface area contributed by atoms with Gasteiger partial charge >= 0.3 is 12.1 Å². The summed E-state index contributed by atoms with van der Waals surface area (Å²) in [7, 11) is 0. The molecule has 1 amide bonds. The molecule has 4 nitrogen and oxygen atoms in total. The Hall–Kier alpha value is -1.53. The molecule has 0 aromatic carbocycles. The van der Waals surface area contributed by atoms with Gasteiger partial charge in [-0.25, -0.2) is 4.79 Å². The number of amides is 1. The van der Waals surface area contributed by atoms with Crippen molar-refractivity contribution in [3.63, 3.8) is 0 Å². The van der Waals surface area contributed by atoms with Crippen molar-refractivity contribution in [2.75, 3.05) is 13.1 Å². The first-order chi connectivity index (χ1) is 7.30. The maximum absolute atomic E-state index is 12.3. The molecule has 90 valence electrons. The summed E-state index contributed by atoms with van der Waals surface area (Å²) in [5, 5.41) is 8.25. The van der Waals surface area contributed by atoms with Crippen LogP contribution in [0.15, 0.2) is 12.2 Å². The first-order valence-corrected chi connectivity index (χ1v) is 4.57. The third kappa shape index (κ3) is 3.25. The highest BCUT2D eigenvalue weighted by atomic mass is 19.4.